The van der Waals surface area contributed by atoms with Crippen molar-refractivity contribution in [1.82, 2.24) is 9.03 Å². The van der Waals surface area contributed by atoms with Crippen molar-refractivity contribution < 1.29 is 30.8 Å². The molecule has 2 unspecified atom stereocenters. The highest BCUT2D eigenvalue weighted by Crippen LogP contribution is 2.39. The van der Waals surface area contributed by atoms with Gasteiger partial charge in [-0.2, -0.15) is 30.6 Å². The van der Waals surface area contributed by atoms with Crippen LogP contribution in [0.3, 0.4) is 0 Å². The number of benzene rings is 1. The van der Waals surface area contributed by atoms with Crippen LogP contribution in [0.4, 0.5) is 23.2 Å². The van der Waals surface area contributed by atoms with Crippen LogP contribution in [0.2, 0.25) is 5.02 Å². The van der Waals surface area contributed by atoms with Crippen LogP contribution in [0.5, 0.6) is 0 Å². The summed E-state index contributed by atoms with van der Waals surface area (Å²) in [5.74, 6) is -1.41. The number of amides is 1. The van der Waals surface area contributed by atoms with E-state index in [-0.39, 0.29) is 22.0 Å². The Kier molecular flexibility index (Phi) is 5.94. The van der Waals surface area contributed by atoms with Crippen LogP contribution in [0.25, 0.3) is 0 Å². The Labute approximate surface area is 172 Å². The Bertz CT molecular complexity index is 1040. The van der Waals surface area contributed by atoms with Gasteiger partial charge in [0.05, 0.1) is 11.1 Å². The summed E-state index contributed by atoms with van der Waals surface area (Å²) < 4.78 is 79.7. The van der Waals surface area contributed by atoms with Gasteiger partial charge in [-0.1, -0.05) is 11.6 Å². The van der Waals surface area contributed by atoms with Gasteiger partial charge in [0, 0.05) is 17.6 Å². The molecule has 0 radical (unpaired) electrons. The third-order valence-corrected chi connectivity index (χ3v) is 7.44. The van der Waals surface area contributed by atoms with E-state index >= 15 is 0 Å². The van der Waals surface area contributed by atoms with E-state index in [9.17, 15) is 30.8 Å². The predicted molar refractivity (Wildman–Crippen MR) is 100 cm³/mol. The molecule has 2 atom stereocenters. The van der Waals surface area contributed by atoms with Crippen LogP contribution < -0.4 is 10.0 Å². The minimum atomic E-state index is -4.55. The number of carbonyl (C=O) groups excluding carboxylic acids is 1. The highest BCUT2D eigenvalue weighted by Gasteiger charge is 2.42. The molecule has 3 rings (SSSR count). The number of carbonyl (C=O) groups is 1. The Balaban J connectivity index is 1.84. The van der Waals surface area contributed by atoms with E-state index < -0.39 is 45.1 Å². The topological polar surface area (TPSA) is 78.5 Å². The van der Waals surface area contributed by atoms with Gasteiger partial charge in [0.15, 0.2) is 0 Å². The first-order valence-electron chi connectivity index (χ1n) is 8.06. The summed E-state index contributed by atoms with van der Waals surface area (Å²) in [6.45, 7) is 0. The molecular weight excluding hydrogens is 458 g/mol. The van der Waals surface area contributed by atoms with Crippen LogP contribution >= 0.6 is 22.9 Å². The summed E-state index contributed by atoms with van der Waals surface area (Å²) in [5, 5.41) is 2.22. The summed E-state index contributed by atoms with van der Waals surface area (Å²) >= 11 is 6.07. The molecule has 1 aliphatic rings. The standard InChI is InChI=1S/C16H14ClF4N3O3S2/c1-24-12(15(25)22-8-2-3-10(18)9(17)6-8)7-11(23-29(24,26)27)13-4-5-14(28-13)16(19,20)21/h2-6,11-12,23H,7H2,1H3,(H,22,25). The van der Waals surface area contributed by atoms with Gasteiger partial charge in [-0.15, -0.1) is 11.3 Å². The zero-order valence-electron chi connectivity index (χ0n) is 14.6. The molecule has 6 nitrogen and oxygen atoms in total. The molecule has 0 aliphatic carbocycles. The van der Waals surface area contributed by atoms with E-state index in [1.165, 1.54) is 19.2 Å². The molecule has 2 N–H and O–H groups in total. The largest absolute Gasteiger partial charge is 0.425 e. The van der Waals surface area contributed by atoms with Crippen LogP contribution in [-0.4, -0.2) is 31.7 Å². The second-order valence-corrected chi connectivity index (χ2v) is 9.55. The smallest absolute Gasteiger partial charge is 0.325 e. The maximum atomic E-state index is 13.3. The molecule has 0 bridgehead atoms. The van der Waals surface area contributed by atoms with Gasteiger partial charge in [0.2, 0.25) is 5.91 Å². The highest BCUT2D eigenvalue weighted by atomic mass is 35.5. The Morgan fingerprint density at radius 3 is 2.59 bits per heavy atom. The van der Waals surface area contributed by atoms with E-state index in [2.05, 4.69) is 10.0 Å². The van der Waals surface area contributed by atoms with Gasteiger partial charge in [-0.25, -0.2) is 4.39 Å². The second kappa shape index (κ2) is 7.84. The summed E-state index contributed by atoms with van der Waals surface area (Å²) in [4.78, 5) is 11.9. The molecular formula is C16H14ClF4N3O3S2. The number of hydrogen-bond donors (Lipinski definition) is 2. The molecule has 0 spiro atoms. The fraction of sp³-hybridized carbons (Fsp3) is 0.312. The normalized spacial score (nSPS) is 22.4. The van der Waals surface area contributed by atoms with Crippen LogP contribution in [0.1, 0.15) is 22.2 Å². The fourth-order valence-corrected chi connectivity index (χ4v) is 5.25. The van der Waals surface area contributed by atoms with Crippen molar-refractivity contribution in [2.75, 3.05) is 12.4 Å². The molecule has 2 heterocycles. The van der Waals surface area contributed by atoms with Gasteiger partial charge in [0.25, 0.3) is 10.2 Å². The van der Waals surface area contributed by atoms with Crippen molar-refractivity contribution in [2.45, 2.75) is 24.7 Å². The number of rotatable bonds is 3. The first kappa shape index (κ1) is 22.0. The third-order valence-electron chi connectivity index (χ3n) is 4.31. The first-order chi connectivity index (χ1) is 13.4. The molecule has 29 heavy (non-hydrogen) atoms. The molecule has 1 aromatic carbocycles. The van der Waals surface area contributed by atoms with Crippen molar-refractivity contribution in [3.8, 4) is 0 Å². The molecule has 1 aromatic heterocycles. The van der Waals surface area contributed by atoms with Crippen LogP contribution in [0.15, 0.2) is 30.3 Å². The van der Waals surface area contributed by atoms with Gasteiger partial charge in [-0.05, 0) is 36.8 Å². The summed E-state index contributed by atoms with van der Waals surface area (Å²) in [7, 11) is -2.95. The SMILES string of the molecule is CN1C(C(=O)Nc2ccc(F)c(Cl)c2)CC(c2ccc(C(F)(F)F)s2)NS1(=O)=O. The van der Waals surface area contributed by atoms with Gasteiger partial charge in [0.1, 0.15) is 16.7 Å². The lowest BCUT2D eigenvalue weighted by molar-refractivity contribution is -0.134. The average Bonchev–Trinajstić information content (AvgIpc) is 3.11. The number of likely N-dealkylation sites (N-methyl/N-ethyl adjacent to an activating group) is 1. The lowest BCUT2D eigenvalue weighted by Crippen LogP contribution is -2.55. The van der Waals surface area contributed by atoms with E-state index in [0.29, 0.717) is 11.3 Å². The lowest BCUT2D eigenvalue weighted by Gasteiger charge is -2.35. The molecule has 158 valence electrons. The third kappa shape index (κ3) is 4.72. The van der Waals surface area contributed by atoms with Crippen molar-refractivity contribution in [3.05, 3.63) is 50.9 Å². The zero-order valence-corrected chi connectivity index (χ0v) is 17.0. The number of anilines is 1. The van der Waals surface area contributed by atoms with Crippen LogP contribution in [-0.2, 0) is 21.2 Å². The quantitative estimate of drug-likeness (QED) is 0.669. The molecule has 2 aromatic rings. The first-order valence-corrected chi connectivity index (χ1v) is 10.7. The van der Waals surface area contributed by atoms with E-state index in [1.54, 1.807) is 0 Å². The van der Waals surface area contributed by atoms with Gasteiger partial charge >= 0.3 is 6.18 Å². The monoisotopic (exact) mass is 471 g/mol. The molecule has 1 aliphatic heterocycles. The zero-order chi connectivity index (χ0) is 21.6. The highest BCUT2D eigenvalue weighted by molar-refractivity contribution is 7.87. The number of nitrogens with one attached hydrogen (secondary N) is 2. The Morgan fingerprint density at radius 1 is 1.31 bits per heavy atom. The van der Waals surface area contributed by atoms with Crippen molar-refractivity contribution in [1.29, 1.82) is 0 Å². The van der Waals surface area contributed by atoms with Gasteiger partial charge < -0.3 is 5.32 Å². The van der Waals surface area contributed by atoms with E-state index in [4.69, 9.17) is 11.6 Å². The van der Waals surface area contributed by atoms with Gasteiger partial charge in [-0.3, -0.25) is 4.79 Å². The van der Waals surface area contributed by atoms with E-state index in [0.717, 1.165) is 22.5 Å². The summed E-state index contributed by atoms with van der Waals surface area (Å²) in [6.07, 6.45) is -4.65. The Morgan fingerprint density at radius 2 is 2.00 bits per heavy atom. The average molecular weight is 472 g/mol. The molecule has 0 saturated carbocycles. The number of nitrogens with zero attached hydrogens (tertiary/aromatic N) is 1. The van der Waals surface area contributed by atoms with E-state index in [1.807, 2.05) is 0 Å². The molecule has 1 saturated heterocycles. The maximum absolute atomic E-state index is 13.3. The number of hydrogen-bond acceptors (Lipinski definition) is 4. The number of halogens is 5. The predicted octanol–water partition coefficient (Wildman–Crippen LogP) is 3.78. The number of alkyl halides is 3. The summed E-state index contributed by atoms with van der Waals surface area (Å²) in [6, 6.07) is 3.28. The van der Waals surface area contributed by atoms with Crippen molar-refractivity contribution in [3.63, 3.8) is 0 Å². The number of thiophene rings is 1. The second-order valence-electron chi connectivity index (χ2n) is 6.26. The minimum Gasteiger partial charge on any atom is -0.325 e. The molecule has 1 amide bonds. The van der Waals surface area contributed by atoms with Crippen LogP contribution in [0, 0.1) is 5.82 Å². The summed E-state index contributed by atoms with van der Waals surface area (Å²) in [5.41, 5.74) is 0.151. The molecule has 13 heteroatoms. The maximum Gasteiger partial charge on any atom is 0.425 e. The lowest BCUT2D eigenvalue weighted by atomic mass is 10.1. The fourth-order valence-electron chi connectivity index (χ4n) is 2.79. The van der Waals surface area contributed by atoms with Crippen molar-refractivity contribution >= 4 is 44.7 Å². The minimum absolute atomic E-state index is 0.103. The Hall–Kier alpha value is -1.73. The van der Waals surface area contributed by atoms with Crippen molar-refractivity contribution in [2.24, 2.45) is 0 Å². The molecule has 1 fully saturated rings.